The smallest absolute Gasteiger partial charge is 0.212 e. The third-order valence-corrected chi connectivity index (χ3v) is 4.99. The van der Waals surface area contributed by atoms with Crippen LogP contribution in [0.25, 0.3) is 17.0 Å². The molecule has 3 aromatic rings. The summed E-state index contributed by atoms with van der Waals surface area (Å²) in [5.41, 5.74) is 3.66. The highest BCUT2D eigenvalue weighted by molar-refractivity contribution is 8.03. The van der Waals surface area contributed by atoms with Crippen molar-refractivity contribution >= 4 is 34.4 Å². The second-order valence-electron chi connectivity index (χ2n) is 5.51. The van der Waals surface area contributed by atoms with Gasteiger partial charge in [-0.2, -0.15) is 0 Å². The summed E-state index contributed by atoms with van der Waals surface area (Å²) < 4.78 is 2.15. The summed E-state index contributed by atoms with van der Waals surface area (Å²) in [5.74, 6) is 0. The van der Waals surface area contributed by atoms with E-state index < -0.39 is 0 Å². The molecule has 0 spiro atoms. The van der Waals surface area contributed by atoms with Gasteiger partial charge in [-0.05, 0) is 29.8 Å². The van der Waals surface area contributed by atoms with E-state index in [0.717, 1.165) is 5.03 Å². The highest BCUT2D eigenvalue weighted by atomic mass is 32.2. The number of rotatable bonds is 2. The number of aromatic nitrogens is 1. The van der Waals surface area contributed by atoms with Crippen molar-refractivity contribution in [3.05, 3.63) is 83.5 Å². The van der Waals surface area contributed by atoms with Crippen molar-refractivity contribution in [2.45, 2.75) is 4.90 Å². The molecule has 0 saturated heterocycles. The van der Waals surface area contributed by atoms with Crippen LogP contribution in [0.4, 0.5) is 5.69 Å². The highest BCUT2D eigenvalue weighted by Gasteiger charge is 2.13. The standard InChI is InChI=1S/C20H16N2S/c1-22-14-13-15(16-8-2-4-10-18(16)22)7-6-12-20-21-17-9-3-5-11-19(17)23-20/h2-14H,1H3/p+1. The van der Waals surface area contributed by atoms with Crippen LogP contribution in [0.3, 0.4) is 0 Å². The van der Waals surface area contributed by atoms with E-state index in [2.05, 4.69) is 96.0 Å². The Morgan fingerprint density at radius 2 is 1.83 bits per heavy atom. The Labute approximate surface area is 140 Å². The lowest BCUT2D eigenvalue weighted by molar-refractivity contribution is -0.644. The van der Waals surface area contributed by atoms with Crippen LogP contribution >= 0.6 is 11.8 Å². The molecule has 1 N–H and O–H groups in total. The normalized spacial score (nSPS) is 15.3. The van der Waals surface area contributed by atoms with Gasteiger partial charge in [0, 0.05) is 17.0 Å². The van der Waals surface area contributed by atoms with Gasteiger partial charge in [-0.25, -0.2) is 4.57 Å². The molecule has 0 bridgehead atoms. The lowest BCUT2D eigenvalue weighted by atomic mass is 10.1. The van der Waals surface area contributed by atoms with Gasteiger partial charge in [0.05, 0.1) is 16.1 Å². The largest absolute Gasteiger partial charge is 0.349 e. The Morgan fingerprint density at radius 3 is 2.74 bits per heavy atom. The van der Waals surface area contributed by atoms with Crippen molar-refractivity contribution in [2.75, 3.05) is 5.32 Å². The third kappa shape index (κ3) is 2.76. The van der Waals surface area contributed by atoms with Gasteiger partial charge in [0.1, 0.15) is 7.05 Å². The summed E-state index contributed by atoms with van der Waals surface area (Å²) in [4.78, 5) is 1.28. The van der Waals surface area contributed by atoms with Crippen molar-refractivity contribution in [1.29, 1.82) is 0 Å². The molecule has 23 heavy (non-hydrogen) atoms. The van der Waals surface area contributed by atoms with Crippen LogP contribution in [-0.4, -0.2) is 0 Å². The molecule has 112 valence electrons. The van der Waals surface area contributed by atoms with Crippen LogP contribution in [-0.2, 0) is 7.05 Å². The Kier molecular flexibility index (Phi) is 3.64. The zero-order valence-electron chi connectivity index (χ0n) is 12.9. The van der Waals surface area contributed by atoms with Gasteiger partial charge in [-0.15, -0.1) is 0 Å². The van der Waals surface area contributed by atoms with E-state index in [0.29, 0.717) is 0 Å². The summed E-state index contributed by atoms with van der Waals surface area (Å²) in [5, 5.41) is 5.86. The van der Waals surface area contributed by atoms with Gasteiger partial charge < -0.3 is 5.32 Å². The number of nitrogens with one attached hydrogen (secondary N) is 1. The number of nitrogens with zero attached hydrogens (tertiary/aromatic N) is 1. The van der Waals surface area contributed by atoms with E-state index in [1.54, 1.807) is 11.8 Å². The SMILES string of the molecule is C[n+]1ccc(/C=C/C=C2/Nc3ccccc3S2)c2ccccc21. The number of thioether (sulfide) groups is 1. The molecule has 1 aromatic heterocycles. The predicted molar refractivity (Wildman–Crippen MR) is 98.2 cm³/mol. The first-order valence-corrected chi connectivity index (χ1v) is 8.42. The minimum atomic E-state index is 1.16. The van der Waals surface area contributed by atoms with Gasteiger partial charge >= 0.3 is 0 Å². The summed E-state index contributed by atoms with van der Waals surface area (Å²) >= 11 is 1.77. The number of aryl methyl sites for hydroxylation is 1. The minimum absolute atomic E-state index is 1.16. The molecule has 4 rings (SSSR count). The maximum Gasteiger partial charge on any atom is 0.212 e. The van der Waals surface area contributed by atoms with Gasteiger partial charge in [0.2, 0.25) is 5.52 Å². The van der Waals surface area contributed by atoms with E-state index in [1.807, 2.05) is 0 Å². The van der Waals surface area contributed by atoms with Gasteiger partial charge in [-0.1, -0.05) is 48.2 Å². The molecule has 0 amide bonds. The van der Waals surface area contributed by atoms with Gasteiger partial charge in [0.15, 0.2) is 6.20 Å². The molecule has 1 aliphatic rings. The fourth-order valence-corrected chi connectivity index (χ4v) is 3.70. The van der Waals surface area contributed by atoms with Crippen molar-refractivity contribution in [1.82, 2.24) is 0 Å². The molecular weight excluding hydrogens is 300 g/mol. The molecule has 0 fully saturated rings. The average molecular weight is 317 g/mol. The molecular formula is C20H17N2S+. The number of anilines is 1. The predicted octanol–water partition coefficient (Wildman–Crippen LogP) is 4.74. The molecule has 2 heterocycles. The fourth-order valence-electron chi connectivity index (χ4n) is 2.78. The quantitative estimate of drug-likeness (QED) is 0.687. The zero-order chi connectivity index (χ0) is 15.6. The van der Waals surface area contributed by atoms with Crippen molar-refractivity contribution in [3.8, 4) is 0 Å². The topological polar surface area (TPSA) is 15.9 Å². The second-order valence-corrected chi connectivity index (χ2v) is 6.60. The molecule has 2 nitrogen and oxygen atoms in total. The Morgan fingerprint density at radius 1 is 1.00 bits per heavy atom. The summed E-state index contributed by atoms with van der Waals surface area (Å²) in [6, 6.07) is 19.0. The van der Waals surface area contributed by atoms with Crippen LogP contribution in [0.5, 0.6) is 0 Å². The third-order valence-electron chi connectivity index (χ3n) is 3.96. The molecule has 0 unspecified atom stereocenters. The number of benzene rings is 2. The molecule has 0 radical (unpaired) electrons. The molecule has 1 aliphatic heterocycles. The van der Waals surface area contributed by atoms with Crippen molar-refractivity contribution < 1.29 is 4.57 Å². The summed E-state index contributed by atoms with van der Waals surface area (Å²) in [6.45, 7) is 0. The number of allylic oxidation sites excluding steroid dienone is 2. The van der Waals surface area contributed by atoms with Crippen LogP contribution in [0.1, 0.15) is 5.56 Å². The number of pyridine rings is 1. The first-order chi connectivity index (χ1) is 11.3. The number of hydrogen-bond acceptors (Lipinski definition) is 2. The van der Waals surface area contributed by atoms with E-state index in [9.17, 15) is 0 Å². The Balaban J connectivity index is 1.61. The van der Waals surface area contributed by atoms with E-state index in [4.69, 9.17) is 0 Å². The summed E-state index contributed by atoms with van der Waals surface area (Å²) in [6.07, 6.45) is 8.52. The minimum Gasteiger partial charge on any atom is -0.349 e. The second kappa shape index (κ2) is 5.94. The van der Waals surface area contributed by atoms with Gasteiger partial charge in [-0.3, -0.25) is 0 Å². The van der Waals surface area contributed by atoms with Crippen molar-refractivity contribution in [3.63, 3.8) is 0 Å². The molecule has 0 aliphatic carbocycles. The monoisotopic (exact) mass is 317 g/mol. The van der Waals surface area contributed by atoms with E-state index in [1.165, 1.54) is 27.0 Å². The number of hydrogen-bond donors (Lipinski definition) is 1. The first kappa shape index (κ1) is 14.1. The molecule has 2 aromatic carbocycles. The van der Waals surface area contributed by atoms with Crippen LogP contribution in [0, 0.1) is 0 Å². The van der Waals surface area contributed by atoms with Gasteiger partial charge in [0.25, 0.3) is 0 Å². The maximum atomic E-state index is 3.44. The van der Waals surface area contributed by atoms with Crippen molar-refractivity contribution in [2.24, 2.45) is 7.05 Å². The Bertz CT molecular complexity index is 914. The zero-order valence-corrected chi connectivity index (χ0v) is 13.7. The number of fused-ring (bicyclic) bond motifs is 2. The maximum absolute atomic E-state index is 3.44. The van der Waals surface area contributed by atoms with Crippen LogP contribution in [0.15, 0.2) is 82.9 Å². The lowest BCUT2D eigenvalue weighted by Gasteiger charge is -2.00. The molecule has 0 saturated carbocycles. The fraction of sp³-hybridized carbons (Fsp3) is 0.0500. The summed E-state index contributed by atoms with van der Waals surface area (Å²) in [7, 11) is 2.08. The molecule has 3 heteroatoms. The van der Waals surface area contributed by atoms with Crippen LogP contribution in [0.2, 0.25) is 0 Å². The average Bonchev–Trinajstić information content (AvgIpc) is 3.00. The Hall–Kier alpha value is -2.52. The lowest BCUT2D eigenvalue weighted by Crippen LogP contribution is -2.28. The van der Waals surface area contributed by atoms with Crippen LogP contribution < -0.4 is 9.88 Å². The highest BCUT2D eigenvalue weighted by Crippen LogP contribution is 2.40. The number of para-hydroxylation sites is 2. The molecule has 0 atom stereocenters. The van der Waals surface area contributed by atoms with E-state index in [-0.39, 0.29) is 0 Å². The first-order valence-electron chi connectivity index (χ1n) is 7.61. The van der Waals surface area contributed by atoms with E-state index >= 15 is 0 Å².